The molecule has 0 spiro atoms. The van der Waals surface area contributed by atoms with Crippen molar-refractivity contribution in [3.05, 3.63) is 0 Å². The highest BCUT2D eigenvalue weighted by Gasteiger charge is 2.31. The van der Waals surface area contributed by atoms with E-state index in [9.17, 15) is 9.59 Å². The van der Waals surface area contributed by atoms with E-state index in [0.29, 0.717) is 19.4 Å². The lowest BCUT2D eigenvalue weighted by Crippen LogP contribution is -2.48. The summed E-state index contributed by atoms with van der Waals surface area (Å²) in [5.74, 6) is -0.887. The lowest BCUT2D eigenvalue weighted by Gasteiger charge is -2.21. The second kappa shape index (κ2) is 13.2. The van der Waals surface area contributed by atoms with Gasteiger partial charge in [0, 0.05) is 13.0 Å². The van der Waals surface area contributed by atoms with E-state index in [1.165, 1.54) is 57.8 Å². The molecule has 5 nitrogen and oxygen atoms in total. The molecule has 1 saturated heterocycles. The Hall–Kier alpha value is -1.10. The van der Waals surface area contributed by atoms with Crippen molar-refractivity contribution in [3.8, 4) is 0 Å². The molecule has 1 amide bonds. The fourth-order valence-electron chi connectivity index (χ4n) is 3.32. The molecule has 1 atom stereocenters. The summed E-state index contributed by atoms with van der Waals surface area (Å²) in [4.78, 5) is 22.9. The summed E-state index contributed by atoms with van der Waals surface area (Å²) >= 11 is 0. The first-order valence-electron chi connectivity index (χ1n) is 9.94. The van der Waals surface area contributed by atoms with Gasteiger partial charge >= 0.3 is 5.97 Å². The minimum atomic E-state index is -0.845. The molecule has 0 aromatic rings. The Kier molecular flexibility index (Phi) is 11.5. The molecule has 0 aliphatic carbocycles. The fraction of sp³-hybridized carbons (Fsp3) is 0.895. The van der Waals surface area contributed by atoms with Crippen LogP contribution in [0.2, 0.25) is 0 Å². The SMILES string of the molecule is CCCCCCCCCCCCCC(=O)NN1CCCC1C(=O)O. The van der Waals surface area contributed by atoms with Crippen molar-refractivity contribution in [2.24, 2.45) is 0 Å². The number of nitrogens with one attached hydrogen (secondary N) is 1. The molecule has 1 unspecified atom stereocenters. The molecule has 1 rings (SSSR count). The summed E-state index contributed by atoms with van der Waals surface area (Å²) in [6, 6.07) is -0.550. The third-order valence-electron chi connectivity index (χ3n) is 4.81. The molecular formula is C19H36N2O3. The van der Waals surface area contributed by atoms with Crippen LogP contribution in [0.4, 0.5) is 0 Å². The van der Waals surface area contributed by atoms with Gasteiger partial charge < -0.3 is 5.11 Å². The predicted molar refractivity (Wildman–Crippen MR) is 96.6 cm³/mol. The maximum atomic E-state index is 11.9. The van der Waals surface area contributed by atoms with E-state index in [0.717, 1.165) is 19.3 Å². The van der Waals surface area contributed by atoms with Crippen LogP contribution in [0.1, 0.15) is 96.8 Å². The molecule has 0 aromatic carbocycles. The van der Waals surface area contributed by atoms with Crippen LogP contribution in [-0.4, -0.2) is 34.6 Å². The summed E-state index contributed by atoms with van der Waals surface area (Å²) < 4.78 is 0. The summed E-state index contributed by atoms with van der Waals surface area (Å²) in [5, 5.41) is 10.7. The molecular weight excluding hydrogens is 304 g/mol. The molecule has 1 aliphatic rings. The van der Waals surface area contributed by atoms with Crippen LogP contribution < -0.4 is 5.43 Å². The van der Waals surface area contributed by atoms with E-state index in [-0.39, 0.29) is 5.91 Å². The standard InChI is InChI=1S/C19H36N2O3/c1-2-3-4-5-6-7-8-9-10-11-12-15-18(22)20-21-16-13-14-17(21)19(23)24/h17H,2-16H2,1H3,(H,20,22)(H,23,24). The molecule has 0 saturated carbocycles. The number of carboxylic acids is 1. The maximum Gasteiger partial charge on any atom is 0.322 e. The molecule has 24 heavy (non-hydrogen) atoms. The van der Waals surface area contributed by atoms with Crippen LogP contribution in [0, 0.1) is 0 Å². The second-order valence-electron chi connectivity index (χ2n) is 7.01. The first-order valence-corrected chi connectivity index (χ1v) is 9.94. The van der Waals surface area contributed by atoms with Gasteiger partial charge in [-0.05, 0) is 19.3 Å². The van der Waals surface area contributed by atoms with Crippen molar-refractivity contribution < 1.29 is 14.7 Å². The molecule has 2 N–H and O–H groups in total. The largest absolute Gasteiger partial charge is 0.480 e. The van der Waals surface area contributed by atoms with Crippen molar-refractivity contribution >= 4 is 11.9 Å². The summed E-state index contributed by atoms with van der Waals surface area (Å²) in [6.45, 7) is 2.89. The van der Waals surface area contributed by atoms with E-state index in [1.54, 1.807) is 5.01 Å². The Morgan fingerprint density at radius 2 is 1.50 bits per heavy atom. The highest BCUT2D eigenvalue weighted by molar-refractivity contribution is 5.77. The number of rotatable bonds is 14. The third kappa shape index (κ3) is 9.26. The number of hydrazine groups is 1. The number of hydrogen-bond donors (Lipinski definition) is 2. The molecule has 0 aromatic heterocycles. The number of amides is 1. The molecule has 1 aliphatic heterocycles. The van der Waals surface area contributed by atoms with Crippen LogP contribution in [0.5, 0.6) is 0 Å². The predicted octanol–water partition coefficient (Wildman–Crippen LogP) is 4.27. The Morgan fingerprint density at radius 3 is 2.04 bits per heavy atom. The van der Waals surface area contributed by atoms with Crippen molar-refractivity contribution in [1.82, 2.24) is 10.4 Å². The van der Waals surface area contributed by atoms with Gasteiger partial charge in [0.1, 0.15) is 6.04 Å². The number of carbonyl (C=O) groups is 2. The van der Waals surface area contributed by atoms with Crippen molar-refractivity contribution in [3.63, 3.8) is 0 Å². The van der Waals surface area contributed by atoms with Gasteiger partial charge in [-0.2, -0.15) is 0 Å². The molecule has 1 heterocycles. The normalized spacial score (nSPS) is 18.0. The molecule has 0 bridgehead atoms. The Balaban J connectivity index is 1.92. The van der Waals surface area contributed by atoms with E-state index >= 15 is 0 Å². The smallest absolute Gasteiger partial charge is 0.322 e. The van der Waals surface area contributed by atoms with Crippen LogP contribution in [-0.2, 0) is 9.59 Å². The maximum absolute atomic E-state index is 11.9. The zero-order valence-corrected chi connectivity index (χ0v) is 15.4. The van der Waals surface area contributed by atoms with Crippen molar-refractivity contribution in [1.29, 1.82) is 0 Å². The van der Waals surface area contributed by atoms with Crippen LogP contribution in [0.3, 0.4) is 0 Å². The van der Waals surface area contributed by atoms with Gasteiger partial charge in [-0.1, -0.05) is 71.1 Å². The zero-order valence-electron chi connectivity index (χ0n) is 15.4. The summed E-state index contributed by atoms with van der Waals surface area (Å²) in [6.07, 6.45) is 15.8. The quantitative estimate of drug-likeness (QED) is 0.463. The van der Waals surface area contributed by atoms with Gasteiger partial charge in [-0.25, -0.2) is 5.01 Å². The number of aliphatic carboxylic acids is 1. The number of carbonyl (C=O) groups excluding carboxylic acids is 1. The first-order chi connectivity index (χ1) is 11.6. The Morgan fingerprint density at radius 1 is 0.958 bits per heavy atom. The molecule has 0 radical (unpaired) electrons. The van der Waals surface area contributed by atoms with Gasteiger partial charge in [0.15, 0.2) is 0 Å². The zero-order chi connectivity index (χ0) is 17.6. The van der Waals surface area contributed by atoms with Gasteiger partial charge in [-0.3, -0.25) is 15.0 Å². The highest BCUT2D eigenvalue weighted by Crippen LogP contribution is 2.15. The minimum Gasteiger partial charge on any atom is -0.480 e. The monoisotopic (exact) mass is 340 g/mol. The van der Waals surface area contributed by atoms with E-state index in [4.69, 9.17) is 5.11 Å². The first kappa shape index (κ1) is 20.9. The third-order valence-corrected chi connectivity index (χ3v) is 4.81. The van der Waals surface area contributed by atoms with Gasteiger partial charge in [0.25, 0.3) is 0 Å². The van der Waals surface area contributed by atoms with E-state index in [1.807, 2.05) is 0 Å². The summed E-state index contributed by atoms with van der Waals surface area (Å²) in [5.41, 5.74) is 2.76. The Bertz CT molecular complexity index is 361. The van der Waals surface area contributed by atoms with E-state index < -0.39 is 12.0 Å². The van der Waals surface area contributed by atoms with Crippen LogP contribution in [0.15, 0.2) is 0 Å². The topological polar surface area (TPSA) is 69.6 Å². The van der Waals surface area contributed by atoms with Gasteiger partial charge in [0.2, 0.25) is 5.91 Å². The van der Waals surface area contributed by atoms with Gasteiger partial charge in [-0.15, -0.1) is 0 Å². The Labute approximate surface area is 147 Å². The van der Waals surface area contributed by atoms with Crippen molar-refractivity contribution in [2.75, 3.05) is 6.54 Å². The van der Waals surface area contributed by atoms with Crippen molar-refractivity contribution in [2.45, 2.75) is 103 Å². The second-order valence-corrected chi connectivity index (χ2v) is 7.01. The average Bonchev–Trinajstić information content (AvgIpc) is 3.01. The highest BCUT2D eigenvalue weighted by atomic mass is 16.4. The average molecular weight is 341 g/mol. The van der Waals surface area contributed by atoms with Crippen LogP contribution >= 0.6 is 0 Å². The lowest BCUT2D eigenvalue weighted by molar-refractivity contribution is -0.144. The number of nitrogens with zero attached hydrogens (tertiary/aromatic N) is 1. The number of unbranched alkanes of at least 4 members (excludes halogenated alkanes) is 10. The molecule has 140 valence electrons. The fourth-order valence-corrected chi connectivity index (χ4v) is 3.32. The molecule has 1 fully saturated rings. The number of hydrogen-bond acceptors (Lipinski definition) is 3. The summed E-state index contributed by atoms with van der Waals surface area (Å²) in [7, 11) is 0. The number of carboxylic acid groups (broad SMARTS) is 1. The van der Waals surface area contributed by atoms with Gasteiger partial charge in [0.05, 0.1) is 0 Å². The molecule has 5 heteroatoms. The minimum absolute atomic E-state index is 0.0425. The lowest BCUT2D eigenvalue weighted by atomic mass is 10.1. The van der Waals surface area contributed by atoms with Crippen LogP contribution in [0.25, 0.3) is 0 Å². The van der Waals surface area contributed by atoms with E-state index in [2.05, 4.69) is 12.3 Å².